The summed E-state index contributed by atoms with van der Waals surface area (Å²) in [5.41, 5.74) is 1.21. The molecular weight excluding hydrogens is 430 g/mol. The molecule has 0 atom stereocenters. The molecule has 0 saturated heterocycles. The van der Waals surface area contributed by atoms with Gasteiger partial charge in [0.25, 0.3) is 5.91 Å². The van der Waals surface area contributed by atoms with Crippen LogP contribution < -0.4 is 10.1 Å². The van der Waals surface area contributed by atoms with Crippen molar-refractivity contribution in [2.24, 2.45) is 10.2 Å². The lowest BCUT2D eigenvalue weighted by Crippen LogP contribution is -2.13. The highest BCUT2D eigenvalue weighted by atomic mass is 35.5. The smallest absolute Gasteiger partial charge is 0.259 e. The van der Waals surface area contributed by atoms with E-state index in [1.807, 2.05) is 0 Å². The van der Waals surface area contributed by atoms with Crippen LogP contribution in [0.5, 0.6) is 17.2 Å². The van der Waals surface area contributed by atoms with E-state index >= 15 is 0 Å². The monoisotopic (exact) mass is 447 g/mol. The van der Waals surface area contributed by atoms with E-state index in [1.54, 1.807) is 48.5 Å². The predicted molar refractivity (Wildman–Crippen MR) is 124 cm³/mol. The Morgan fingerprint density at radius 2 is 1.59 bits per heavy atom. The summed E-state index contributed by atoms with van der Waals surface area (Å²) in [6.45, 7) is 0. The number of carbonyl (C=O) groups excluding carboxylic acids is 1. The van der Waals surface area contributed by atoms with Crippen LogP contribution in [0.1, 0.15) is 10.4 Å². The lowest BCUT2D eigenvalue weighted by molar-refractivity contribution is 0.102. The highest BCUT2D eigenvalue weighted by Crippen LogP contribution is 2.38. The summed E-state index contributed by atoms with van der Waals surface area (Å²) in [6, 6.07) is 19.8. The van der Waals surface area contributed by atoms with E-state index in [0.29, 0.717) is 33.6 Å². The molecule has 1 amide bonds. The van der Waals surface area contributed by atoms with Crippen molar-refractivity contribution in [3.63, 3.8) is 0 Å². The number of halogens is 1. The number of rotatable bonds is 5. The molecule has 0 spiro atoms. The van der Waals surface area contributed by atoms with E-state index in [1.165, 1.54) is 31.4 Å². The summed E-state index contributed by atoms with van der Waals surface area (Å²) >= 11 is 6.11. The molecule has 8 heteroatoms. The Morgan fingerprint density at radius 3 is 2.34 bits per heavy atom. The van der Waals surface area contributed by atoms with E-state index in [9.17, 15) is 15.0 Å². The van der Waals surface area contributed by atoms with E-state index < -0.39 is 5.91 Å². The van der Waals surface area contributed by atoms with Gasteiger partial charge < -0.3 is 20.3 Å². The maximum absolute atomic E-state index is 13.0. The number of aromatic hydroxyl groups is 2. The first-order chi connectivity index (χ1) is 15.5. The third kappa shape index (κ3) is 4.19. The molecule has 32 heavy (non-hydrogen) atoms. The lowest BCUT2D eigenvalue weighted by atomic mass is 10.0. The second-order valence-corrected chi connectivity index (χ2v) is 7.23. The second kappa shape index (κ2) is 8.95. The van der Waals surface area contributed by atoms with Gasteiger partial charge in [-0.2, -0.15) is 0 Å². The maximum atomic E-state index is 13.0. The van der Waals surface area contributed by atoms with Gasteiger partial charge >= 0.3 is 0 Å². The van der Waals surface area contributed by atoms with Gasteiger partial charge in [-0.25, -0.2) is 0 Å². The molecule has 0 aliphatic heterocycles. The van der Waals surface area contributed by atoms with Gasteiger partial charge in [0.2, 0.25) is 0 Å². The Labute approximate surface area is 188 Å². The summed E-state index contributed by atoms with van der Waals surface area (Å²) in [4.78, 5) is 13.0. The van der Waals surface area contributed by atoms with Crippen molar-refractivity contribution < 1.29 is 19.7 Å². The van der Waals surface area contributed by atoms with Crippen LogP contribution in [0.3, 0.4) is 0 Å². The standard InChI is InChI=1S/C24H18ClN3O4/c1-32-22-9-5-4-8-20(22)26-24(31)17-13-21(15-6-2-3-7-16(15)23(17)30)28-27-19-11-10-14(29)12-18(19)25/h2-13,29-30H,1H3,(H,26,31). The Balaban J connectivity index is 1.78. The number of carbonyl (C=O) groups is 1. The summed E-state index contributed by atoms with van der Waals surface area (Å²) in [5, 5.41) is 32.8. The van der Waals surface area contributed by atoms with Crippen LogP contribution in [-0.2, 0) is 0 Å². The molecule has 0 fully saturated rings. The van der Waals surface area contributed by atoms with E-state index in [4.69, 9.17) is 16.3 Å². The summed E-state index contributed by atoms with van der Waals surface area (Å²) < 4.78 is 5.27. The number of methoxy groups -OCH3 is 1. The number of benzene rings is 4. The van der Waals surface area contributed by atoms with Gasteiger partial charge in [-0.3, -0.25) is 4.79 Å². The number of hydrogen-bond donors (Lipinski definition) is 3. The molecule has 0 saturated carbocycles. The minimum Gasteiger partial charge on any atom is -0.508 e. The van der Waals surface area contributed by atoms with Crippen molar-refractivity contribution in [2.45, 2.75) is 0 Å². The highest BCUT2D eigenvalue weighted by molar-refractivity contribution is 6.33. The fourth-order valence-electron chi connectivity index (χ4n) is 3.22. The lowest BCUT2D eigenvalue weighted by Gasteiger charge is -2.13. The van der Waals surface area contributed by atoms with Crippen LogP contribution in [-0.4, -0.2) is 23.2 Å². The molecule has 4 aromatic rings. The molecule has 7 nitrogen and oxygen atoms in total. The number of phenolic OH excluding ortho intramolecular Hbond substituents is 2. The van der Waals surface area contributed by atoms with Gasteiger partial charge in [-0.05, 0) is 30.3 Å². The predicted octanol–water partition coefficient (Wildman–Crippen LogP) is 6.58. The number of para-hydroxylation sites is 2. The number of phenols is 2. The normalized spacial score (nSPS) is 11.1. The fraction of sp³-hybridized carbons (Fsp3) is 0.0417. The van der Waals surface area contributed by atoms with Gasteiger partial charge in [0.05, 0.1) is 29.1 Å². The van der Waals surface area contributed by atoms with Crippen LogP contribution in [0.2, 0.25) is 5.02 Å². The minimum absolute atomic E-state index is 0.0133. The molecule has 3 N–H and O–H groups in total. The Kier molecular flexibility index (Phi) is 5.91. The Bertz CT molecular complexity index is 1350. The van der Waals surface area contributed by atoms with Crippen LogP contribution >= 0.6 is 11.6 Å². The summed E-state index contributed by atoms with van der Waals surface area (Å²) in [6.07, 6.45) is 0. The minimum atomic E-state index is -0.531. The molecule has 4 rings (SSSR count). The number of nitrogens with zero attached hydrogens (tertiary/aromatic N) is 2. The Hall–Kier alpha value is -4.10. The zero-order valence-electron chi connectivity index (χ0n) is 16.9. The van der Waals surface area contributed by atoms with Crippen LogP contribution in [0, 0.1) is 0 Å². The van der Waals surface area contributed by atoms with Gasteiger partial charge in [-0.1, -0.05) is 48.0 Å². The third-order valence-corrected chi connectivity index (χ3v) is 5.09. The number of nitrogens with one attached hydrogen (secondary N) is 1. The zero-order chi connectivity index (χ0) is 22.7. The number of fused-ring (bicyclic) bond motifs is 1. The molecule has 0 aromatic heterocycles. The number of hydrogen-bond acceptors (Lipinski definition) is 6. The van der Waals surface area contributed by atoms with E-state index in [0.717, 1.165) is 0 Å². The SMILES string of the molecule is COc1ccccc1NC(=O)c1cc(N=Nc2ccc(O)cc2Cl)c2ccccc2c1O. The number of azo groups is 1. The Morgan fingerprint density at radius 1 is 0.906 bits per heavy atom. The molecule has 0 radical (unpaired) electrons. The van der Waals surface area contributed by atoms with Crippen molar-refractivity contribution in [3.8, 4) is 17.2 Å². The van der Waals surface area contributed by atoms with Gasteiger partial charge in [0.1, 0.15) is 22.9 Å². The van der Waals surface area contributed by atoms with Gasteiger partial charge in [-0.15, -0.1) is 10.2 Å². The second-order valence-electron chi connectivity index (χ2n) is 6.83. The molecular formula is C24H18ClN3O4. The first-order valence-electron chi connectivity index (χ1n) is 9.57. The molecule has 0 bridgehead atoms. The summed E-state index contributed by atoms with van der Waals surface area (Å²) in [5.74, 6) is -0.200. The van der Waals surface area contributed by atoms with Crippen molar-refractivity contribution in [2.75, 3.05) is 12.4 Å². The average Bonchev–Trinajstić information content (AvgIpc) is 2.80. The van der Waals surface area contributed by atoms with Gasteiger partial charge in [0.15, 0.2) is 0 Å². The van der Waals surface area contributed by atoms with Crippen LogP contribution in [0.15, 0.2) is 83.0 Å². The van der Waals surface area contributed by atoms with Crippen molar-refractivity contribution in [1.82, 2.24) is 0 Å². The molecule has 0 aliphatic rings. The maximum Gasteiger partial charge on any atom is 0.259 e. The summed E-state index contributed by atoms with van der Waals surface area (Å²) in [7, 11) is 1.51. The van der Waals surface area contributed by atoms with E-state index in [-0.39, 0.29) is 22.1 Å². The first-order valence-corrected chi connectivity index (χ1v) is 9.95. The van der Waals surface area contributed by atoms with E-state index in [2.05, 4.69) is 15.5 Å². The number of anilines is 1. The molecule has 4 aromatic carbocycles. The van der Waals surface area contributed by atoms with Crippen molar-refractivity contribution in [1.29, 1.82) is 0 Å². The average molecular weight is 448 g/mol. The van der Waals surface area contributed by atoms with Crippen molar-refractivity contribution in [3.05, 3.63) is 83.4 Å². The van der Waals surface area contributed by atoms with Crippen LogP contribution in [0.4, 0.5) is 17.1 Å². The largest absolute Gasteiger partial charge is 0.508 e. The quantitative estimate of drug-likeness (QED) is 0.300. The topological polar surface area (TPSA) is 104 Å². The fourth-order valence-corrected chi connectivity index (χ4v) is 3.43. The highest BCUT2D eigenvalue weighted by Gasteiger charge is 2.18. The molecule has 0 unspecified atom stereocenters. The number of amides is 1. The zero-order valence-corrected chi connectivity index (χ0v) is 17.7. The first kappa shape index (κ1) is 21.1. The van der Waals surface area contributed by atoms with Crippen LogP contribution in [0.25, 0.3) is 10.8 Å². The number of ether oxygens (including phenoxy) is 1. The third-order valence-electron chi connectivity index (χ3n) is 4.79. The molecule has 0 aliphatic carbocycles. The molecule has 160 valence electrons. The van der Waals surface area contributed by atoms with Gasteiger partial charge in [0, 0.05) is 16.8 Å². The van der Waals surface area contributed by atoms with Crippen molar-refractivity contribution >= 4 is 45.3 Å². The molecule has 0 heterocycles.